The van der Waals surface area contributed by atoms with Gasteiger partial charge in [0.2, 0.25) is 0 Å². The summed E-state index contributed by atoms with van der Waals surface area (Å²) < 4.78 is 11.6. The SMILES string of the molecule is C#C[C@@H](OC)[C@H](CCCCC)OC(=O)c1c(C)cccc1Br. The van der Waals surface area contributed by atoms with Crippen LogP contribution in [0.25, 0.3) is 0 Å². The predicted octanol–water partition coefficient (Wildman–Crippen LogP) is 4.51. The molecule has 0 N–H and O–H groups in total. The summed E-state index contributed by atoms with van der Waals surface area (Å²) in [4.78, 5) is 12.5. The highest BCUT2D eigenvalue weighted by Gasteiger charge is 2.25. The van der Waals surface area contributed by atoms with Crippen LogP contribution in [-0.2, 0) is 9.47 Å². The molecule has 0 saturated carbocycles. The molecule has 0 aliphatic rings. The lowest BCUT2D eigenvalue weighted by Gasteiger charge is -2.23. The summed E-state index contributed by atoms with van der Waals surface area (Å²) in [5.41, 5.74) is 1.40. The maximum absolute atomic E-state index is 12.5. The second-order valence-electron chi connectivity index (χ2n) is 5.19. The number of esters is 1. The molecule has 1 rings (SSSR count). The van der Waals surface area contributed by atoms with Crippen molar-refractivity contribution in [3.05, 3.63) is 33.8 Å². The number of terminal acetylenes is 1. The predicted molar refractivity (Wildman–Crippen MR) is 91.9 cm³/mol. The van der Waals surface area contributed by atoms with Crippen LogP contribution < -0.4 is 0 Å². The summed E-state index contributed by atoms with van der Waals surface area (Å²) in [6, 6.07) is 5.58. The molecule has 0 saturated heterocycles. The average Bonchev–Trinajstić information content (AvgIpc) is 2.48. The van der Waals surface area contributed by atoms with E-state index in [-0.39, 0.29) is 5.97 Å². The molecule has 0 unspecified atom stereocenters. The Balaban J connectivity index is 2.88. The molecule has 0 fully saturated rings. The van der Waals surface area contributed by atoms with Crippen LogP contribution in [-0.4, -0.2) is 25.3 Å². The van der Waals surface area contributed by atoms with Gasteiger partial charge < -0.3 is 9.47 Å². The number of ether oxygens (including phenoxy) is 2. The van der Waals surface area contributed by atoms with E-state index in [2.05, 4.69) is 28.8 Å². The number of hydrogen-bond donors (Lipinski definition) is 0. The monoisotopic (exact) mass is 366 g/mol. The first-order valence-electron chi connectivity index (χ1n) is 7.50. The number of carbonyl (C=O) groups is 1. The average molecular weight is 367 g/mol. The lowest BCUT2D eigenvalue weighted by atomic mass is 10.1. The highest BCUT2D eigenvalue weighted by Crippen LogP contribution is 2.23. The summed E-state index contributed by atoms with van der Waals surface area (Å²) in [5, 5.41) is 0. The number of halogens is 1. The van der Waals surface area contributed by atoms with E-state index < -0.39 is 12.2 Å². The van der Waals surface area contributed by atoms with E-state index in [0.29, 0.717) is 12.0 Å². The first kappa shape index (κ1) is 18.7. The van der Waals surface area contributed by atoms with E-state index >= 15 is 0 Å². The van der Waals surface area contributed by atoms with Crippen molar-refractivity contribution in [2.75, 3.05) is 7.11 Å². The van der Waals surface area contributed by atoms with Crippen molar-refractivity contribution in [1.82, 2.24) is 0 Å². The summed E-state index contributed by atoms with van der Waals surface area (Å²) in [6.45, 7) is 4.00. The number of rotatable bonds is 8. The summed E-state index contributed by atoms with van der Waals surface area (Å²) in [7, 11) is 1.54. The normalized spacial score (nSPS) is 13.2. The molecule has 0 radical (unpaired) electrons. The van der Waals surface area contributed by atoms with Gasteiger partial charge in [0, 0.05) is 11.6 Å². The molecule has 0 spiro atoms. The van der Waals surface area contributed by atoms with Gasteiger partial charge >= 0.3 is 5.97 Å². The Kier molecular flexibility index (Phi) is 8.22. The minimum Gasteiger partial charge on any atom is -0.455 e. The smallest absolute Gasteiger partial charge is 0.339 e. The fraction of sp³-hybridized carbons (Fsp3) is 0.500. The standard InChI is InChI=1S/C18H23BrO3/c1-5-7-8-12-16(15(6-2)21-4)22-18(20)17-13(3)10-9-11-14(17)19/h2,9-11,15-16H,5,7-8,12H2,1,3-4H3/t15-,16+/m1/s1. The van der Waals surface area contributed by atoms with Gasteiger partial charge in [-0.2, -0.15) is 0 Å². The fourth-order valence-electron chi connectivity index (χ4n) is 2.28. The van der Waals surface area contributed by atoms with E-state index in [0.717, 1.165) is 29.3 Å². The molecule has 0 aliphatic heterocycles. The van der Waals surface area contributed by atoms with Gasteiger partial charge in [0.15, 0.2) is 6.10 Å². The fourth-order valence-corrected chi connectivity index (χ4v) is 2.91. The Morgan fingerprint density at radius 1 is 1.41 bits per heavy atom. The molecular weight excluding hydrogens is 344 g/mol. The van der Waals surface area contributed by atoms with E-state index in [4.69, 9.17) is 15.9 Å². The van der Waals surface area contributed by atoms with Crippen LogP contribution in [0.3, 0.4) is 0 Å². The largest absolute Gasteiger partial charge is 0.455 e. The molecule has 120 valence electrons. The van der Waals surface area contributed by atoms with Gasteiger partial charge in [-0.3, -0.25) is 0 Å². The number of hydrogen-bond acceptors (Lipinski definition) is 3. The van der Waals surface area contributed by atoms with E-state index in [1.54, 1.807) is 0 Å². The van der Waals surface area contributed by atoms with Crippen molar-refractivity contribution in [2.45, 2.75) is 51.7 Å². The molecule has 0 amide bonds. The minimum atomic E-state index is -0.524. The molecule has 22 heavy (non-hydrogen) atoms. The third-order valence-electron chi connectivity index (χ3n) is 3.53. The van der Waals surface area contributed by atoms with Gasteiger partial charge in [0.1, 0.15) is 6.10 Å². The van der Waals surface area contributed by atoms with Crippen LogP contribution in [0.2, 0.25) is 0 Å². The van der Waals surface area contributed by atoms with Crippen molar-refractivity contribution in [1.29, 1.82) is 0 Å². The number of methoxy groups -OCH3 is 1. The van der Waals surface area contributed by atoms with E-state index in [1.165, 1.54) is 7.11 Å². The van der Waals surface area contributed by atoms with Crippen molar-refractivity contribution >= 4 is 21.9 Å². The molecule has 2 atom stereocenters. The molecule has 0 aromatic heterocycles. The van der Waals surface area contributed by atoms with Crippen LogP contribution in [0.5, 0.6) is 0 Å². The summed E-state index contributed by atoms with van der Waals surface area (Å²) in [5.74, 6) is 2.18. The van der Waals surface area contributed by atoms with Crippen molar-refractivity contribution < 1.29 is 14.3 Å². The van der Waals surface area contributed by atoms with Gasteiger partial charge in [-0.25, -0.2) is 4.79 Å². The Morgan fingerprint density at radius 3 is 2.68 bits per heavy atom. The number of benzene rings is 1. The lowest BCUT2D eigenvalue weighted by Crippen LogP contribution is -2.32. The summed E-state index contributed by atoms with van der Waals surface area (Å²) in [6.07, 6.45) is 8.35. The van der Waals surface area contributed by atoms with Crippen LogP contribution in [0.1, 0.15) is 48.5 Å². The molecule has 1 aromatic rings. The molecule has 0 bridgehead atoms. The van der Waals surface area contributed by atoms with Gasteiger partial charge in [0.05, 0.1) is 5.56 Å². The molecule has 4 heteroatoms. The third kappa shape index (κ3) is 5.15. The zero-order valence-electron chi connectivity index (χ0n) is 13.4. The molecular formula is C18H23BrO3. The van der Waals surface area contributed by atoms with Crippen molar-refractivity contribution in [3.8, 4) is 12.3 Å². The number of unbranched alkanes of at least 4 members (excludes halogenated alkanes) is 2. The zero-order chi connectivity index (χ0) is 16.5. The van der Waals surface area contributed by atoms with Gasteiger partial charge in [-0.15, -0.1) is 6.42 Å². The third-order valence-corrected chi connectivity index (χ3v) is 4.19. The van der Waals surface area contributed by atoms with Crippen LogP contribution in [0.4, 0.5) is 0 Å². The van der Waals surface area contributed by atoms with Crippen molar-refractivity contribution in [3.63, 3.8) is 0 Å². The summed E-state index contributed by atoms with van der Waals surface area (Å²) >= 11 is 3.40. The maximum atomic E-state index is 12.5. The quantitative estimate of drug-likeness (QED) is 0.385. The Hall–Kier alpha value is -1.31. The van der Waals surface area contributed by atoms with E-state index in [9.17, 15) is 4.79 Å². The second kappa shape index (κ2) is 9.66. The Morgan fingerprint density at radius 2 is 2.14 bits per heavy atom. The Bertz CT molecular complexity index is 513. The van der Waals surface area contributed by atoms with Gasteiger partial charge in [-0.05, 0) is 47.3 Å². The Labute approximate surface area is 141 Å². The van der Waals surface area contributed by atoms with Crippen molar-refractivity contribution in [2.24, 2.45) is 0 Å². The highest BCUT2D eigenvalue weighted by atomic mass is 79.9. The van der Waals surface area contributed by atoms with Gasteiger partial charge in [0.25, 0.3) is 0 Å². The van der Waals surface area contributed by atoms with Crippen LogP contribution in [0, 0.1) is 19.3 Å². The van der Waals surface area contributed by atoms with E-state index in [1.807, 2.05) is 25.1 Å². The van der Waals surface area contributed by atoms with Crippen LogP contribution >= 0.6 is 15.9 Å². The van der Waals surface area contributed by atoms with Crippen LogP contribution in [0.15, 0.2) is 22.7 Å². The topological polar surface area (TPSA) is 35.5 Å². The maximum Gasteiger partial charge on any atom is 0.339 e. The first-order chi connectivity index (χ1) is 10.5. The second-order valence-corrected chi connectivity index (χ2v) is 6.05. The highest BCUT2D eigenvalue weighted by molar-refractivity contribution is 9.10. The molecule has 0 heterocycles. The van der Waals surface area contributed by atoms with Gasteiger partial charge in [-0.1, -0.05) is 37.8 Å². The lowest BCUT2D eigenvalue weighted by molar-refractivity contribution is -0.0183. The molecule has 1 aromatic carbocycles. The first-order valence-corrected chi connectivity index (χ1v) is 8.29. The molecule has 0 aliphatic carbocycles. The minimum absolute atomic E-state index is 0.372. The number of carbonyl (C=O) groups excluding carboxylic acids is 1. The molecule has 3 nitrogen and oxygen atoms in total. The zero-order valence-corrected chi connectivity index (χ0v) is 15.0. The number of aryl methyl sites for hydroxylation is 1.